The van der Waals surface area contributed by atoms with Crippen molar-refractivity contribution in [1.82, 2.24) is 0 Å². The quantitative estimate of drug-likeness (QED) is 0.353. The van der Waals surface area contributed by atoms with Crippen LogP contribution in [-0.2, 0) is 4.79 Å². The summed E-state index contributed by atoms with van der Waals surface area (Å²) in [6.07, 6.45) is 7.14. The summed E-state index contributed by atoms with van der Waals surface area (Å²) in [6, 6.07) is 0. The van der Waals surface area contributed by atoms with Crippen molar-refractivity contribution in [3.05, 3.63) is 12.2 Å². The fourth-order valence-electron chi connectivity index (χ4n) is 0.769. The van der Waals surface area contributed by atoms with E-state index < -0.39 is 0 Å². The van der Waals surface area contributed by atoms with E-state index in [1.54, 1.807) is 0 Å². The van der Waals surface area contributed by atoms with Gasteiger partial charge in [0, 0.05) is 5.92 Å². The molecule has 1 unspecified atom stereocenters. The Morgan fingerprint density at radius 2 is 2.57 bits per heavy atom. The summed E-state index contributed by atoms with van der Waals surface area (Å²) in [7, 11) is 0. The number of hydrogen-bond donors (Lipinski definition) is 0. The van der Waals surface area contributed by atoms with Crippen LogP contribution in [0.15, 0.2) is 12.2 Å². The highest BCUT2D eigenvalue weighted by molar-refractivity contribution is 5.57. The van der Waals surface area contributed by atoms with Crippen molar-refractivity contribution in [2.24, 2.45) is 5.92 Å². The molecule has 0 heterocycles. The normalized spacial score (nSPS) is 28.3. The van der Waals surface area contributed by atoms with Gasteiger partial charge < -0.3 is 4.79 Å². The molecule has 0 aliphatic heterocycles. The zero-order valence-corrected chi connectivity index (χ0v) is 4.13. The Balaban J connectivity index is 2.42. The first kappa shape index (κ1) is 4.57. The van der Waals surface area contributed by atoms with Gasteiger partial charge in [-0.05, 0) is 12.8 Å². The summed E-state index contributed by atoms with van der Waals surface area (Å²) in [5.41, 5.74) is 0. The summed E-state index contributed by atoms with van der Waals surface area (Å²) >= 11 is 0. The van der Waals surface area contributed by atoms with Gasteiger partial charge in [0.1, 0.15) is 6.29 Å². The largest absolute Gasteiger partial charge is 0.303 e. The van der Waals surface area contributed by atoms with Gasteiger partial charge in [-0.15, -0.1) is 0 Å². The van der Waals surface area contributed by atoms with E-state index in [4.69, 9.17) is 0 Å². The fraction of sp³-hybridized carbons (Fsp3) is 0.500. The maximum atomic E-state index is 9.96. The van der Waals surface area contributed by atoms with Gasteiger partial charge in [0.05, 0.1) is 0 Å². The fourth-order valence-corrected chi connectivity index (χ4v) is 0.769. The average molecular weight is 96.1 g/mol. The highest BCUT2D eigenvalue weighted by Gasteiger charge is 2.04. The molecule has 0 aromatic heterocycles. The molecule has 0 radical (unpaired) electrons. The van der Waals surface area contributed by atoms with Crippen molar-refractivity contribution in [3.63, 3.8) is 0 Å². The van der Waals surface area contributed by atoms with Crippen molar-refractivity contribution in [3.8, 4) is 0 Å². The zero-order valence-electron chi connectivity index (χ0n) is 4.13. The molecule has 1 nitrogen and oxygen atoms in total. The third-order valence-corrected chi connectivity index (χ3v) is 1.22. The molecule has 38 valence electrons. The van der Waals surface area contributed by atoms with Crippen LogP contribution in [-0.4, -0.2) is 6.29 Å². The van der Waals surface area contributed by atoms with Gasteiger partial charge in [0.25, 0.3) is 0 Å². The number of rotatable bonds is 1. The summed E-state index contributed by atoms with van der Waals surface area (Å²) < 4.78 is 0. The molecule has 0 spiro atoms. The molecule has 0 saturated carbocycles. The Bertz CT molecular complexity index is 94.4. The number of carbonyl (C=O) groups excluding carboxylic acids is 1. The summed E-state index contributed by atoms with van der Waals surface area (Å²) in [5.74, 6) is 0.236. The smallest absolute Gasteiger partial charge is 0.126 e. The second-order valence-corrected chi connectivity index (χ2v) is 1.81. The highest BCUT2D eigenvalue weighted by Crippen LogP contribution is 2.13. The van der Waals surface area contributed by atoms with E-state index in [9.17, 15) is 4.79 Å². The van der Waals surface area contributed by atoms with Crippen LogP contribution in [0.25, 0.3) is 0 Å². The molecular weight excluding hydrogens is 88.1 g/mol. The molecule has 0 aromatic rings. The minimum atomic E-state index is 0.236. The highest BCUT2D eigenvalue weighted by atomic mass is 16.1. The van der Waals surface area contributed by atoms with Crippen molar-refractivity contribution in [2.45, 2.75) is 12.8 Å². The lowest BCUT2D eigenvalue weighted by atomic mass is 10.2. The second kappa shape index (κ2) is 1.92. The number of carbonyl (C=O) groups is 1. The van der Waals surface area contributed by atoms with Crippen LogP contribution >= 0.6 is 0 Å². The first-order chi connectivity index (χ1) is 3.43. The van der Waals surface area contributed by atoms with E-state index in [0.29, 0.717) is 0 Å². The minimum Gasteiger partial charge on any atom is -0.303 e. The third kappa shape index (κ3) is 0.889. The van der Waals surface area contributed by atoms with Crippen molar-refractivity contribution >= 4 is 6.29 Å². The molecule has 0 aromatic carbocycles. The molecule has 1 aliphatic rings. The van der Waals surface area contributed by atoms with Crippen LogP contribution in [0.5, 0.6) is 0 Å². The van der Waals surface area contributed by atoms with Crippen LogP contribution in [0.1, 0.15) is 12.8 Å². The summed E-state index contributed by atoms with van der Waals surface area (Å²) in [6.45, 7) is 0. The third-order valence-electron chi connectivity index (χ3n) is 1.22. The van der Waals surface area contributed by atoms with E-state index in [2.05, 4.69) is 6.08 Å². The zero-order chi connectivity index (χ0) is 5.11. The van der Waals surface area contributed by atoms with Gasteiger partial charge in [-0.3, -0.25) is 0 Å². The van der Waals surface area contributed by atoms with Crippen molar-refractivity contribution in [1.29, 1.82) is 0 Å². The summed E-state index contributed by atoms with van der Waals surface area (Å²) in [4.78, 5) is 9.96. The van der Waals surface area contributed by atoms with Crippen LogP contribution in [0.3, 0.4) is 0 Å². The molecular formula is C6H8O. The molecule has 1 rings (SSSR count). The van der Waals surface area contributed by atoms with Gasteiger partial charge in [0.2, 0.25) is 0 Å². The van der Waals surface area contributed by atoms with Crippen molar-refractivity contribution < 1.29 is 4.79 Å². The van der Waals surface area contributed by atoms with Crippen LogP contribution in [0, 0.1) is 5.92 Å². The lowest BCUT2D eigenvalue weighted by Gasteiger charge is -1.88. The van der Waals surface area contributed by atoms with Gasteiger partial charge in [-0.25, -0.2) is 0 Å². The van der Waals surface area contributed by atoms with E-state index in [-0.39, 0.29) is 5.92 Å². The lowest BCUT2D eigenvalue weighted by molar-refractivity contribution is -0.109. The minimum absolute atomic E-state index is 0.236. The first-order valence-corrected chi connectivity index (χ1v) is 2.55. The predicted molar refractivity (Wildman–Crippen MR) is 27.9 cm³/mol. The molecule has 1 heteroatoms. The summed E-state index contributed by atoms with van der Waals surface area (Å²) in [5, 5.41) is 0. The van der Waals surface area contributed by atoms with Crippen LogP contribution < -0.4 is 0 Å². The molecule has 1 aliphatic carbocycles. The maximum absolute atomic E-state index is 9.96. The van der Waals surface area contributed by atoms with E-state index in [1.807, 2.05) is 6.08 Å². The second-order valence-electron chi connectivity index (χ2n) is 1.81. The Hall–Kier alpha value is -0.590. The number of aldehydes is 1. The van der Waals surface area contributed by atoms with E-state index in [0.717, 1.165) is 19.1 Å². The molecule has 0 N–H and O–H groups in total. The monoisotopic (exact) mass is 96.1 g/mol. The van der Waals surface area contributed by atoms with Crippen LogP contribution in [0.2, 0.25) is 0 Å². The van der Waals surface area contributed by atoms with Crippen LogP contribution in [0.4, 0.5) is 0 Å². The van der Waals surface area contributed by atoms with Gasteiger partial charge in [0.15, 0.2) is 0 Å². The van der Waals surface area contributed by atoms with E-state index in [1.165, 1.54) is 0 Å². The van der Waals surface area contributed by atoms with Gasteiger partial charge >= 0.3 is 0 Å². The number of hydrogen-bond acceptors (Lipinski definition) is 1. The number of allylic oxidation sites excluding steroid dienone is 2. The maximum Gasteiger partial charge on any atom is 0.126 e. The SMILES string of the molecule is O=CC1C=CCC1. The topological polar surface area (TPSA) is 17.1 Å². The molecule has 7 heavy (non-hydrogen) atoms. The average Bonchev–Trinajstić information content (AvgIpc) is 2.14. The van der Waals surface area contributed by atoms with E-state index >= 15 is 0 Å². The molecule has 0 saturated heterocycles. The van der Waals surface area contributed by atoms with Gasteiger partial charge in [-0.1, -0.05) is 12.2 Å². The Kier molecular flexibility index (Phi) is 1.25. The first-order valence-electron chi connectivity index (χ1n) is 2.55. The molecule has 0 amide bonds. The lowest BCUT2D eigenvalue weighted by Crippen LogP contribution is -1.89. The Morgan fingerprint density at radius 1 is 1.71 bits per heavy atom. The van der Waals surface area contributed by atoms with Gasteiger partial charge in [-0.2, -0.15) is 0 Å². The molecule has 0 fully saturated rings. The standard InChI is InChI=1S/C6H8O/c7-5-6-3-1-2-4-6/h1,3,5-6H,2,4H2. The molecule has 0 bridgehead atoms. The van der Waals surface area contributed by atoms with Crippen molar-refractivity contribution in [2.75, 3.05) is 0 Å². The Morgan fingerprint density at radius 3 is 2.86 bits per heavy atom. The predicted octanol–water partition coefficient (Wildman–Crippen LogP) is 1.15. The molecule has 1 atom stereocenters. The Labute approximate surface area is 43.0 Å².